The Morgan fingerprint density at radius 1 is 0.969 bits per heavy atom. The molecule has 32 heavy (non-hydrogen) atoms. The highest BCUT2D eigenvalue weighted by Crippen LogP contribution is 2.40. The summed E-state index contributed by atoms with van der Waals surface area (Å²) in [4.78, 5) is 26.8. The van der Waals surface area contributed by atoms with Gasteiger partial charge in [-0.1, -0.05) is 30.3 Å². The molecule has 3 amide bonds. The van der Waals surface area contributed by atoms with E-state index >= 15 is 0 Å². The summed E-state index contributed by atoms with van der Waals surface area (Å²) in [7, 11) is 4.60. The van der Waals surface area contributed by atoms with Crippen LogP contribution in [0.1, 0.15) is 24.8 Å². The lowest BCUT2D eigenvalue weighted by Crippen LogP contribution is -2.41. The number of nitrogens with zero attached hydrogens (tertiary/aromatic N) is 1. The number of anilines is 1. The van der Waals surface area contributed by atoms with Gasteiger partial charge < -0.3 is 29.7 Å². The molecule has 172 valence electrons. The van der Waals surface area contributed by atoms with Crippen molar-refractivity contribution < 1.29 is 23.8 Å². The van der Waals surface area contributed by atoms with E-state index in [1.54, 1.807) is 17.0 Å². The average Bonchev–Trinajstić information content (AvgIpc) is 2.83. The number of piperidine rings is 1. The van der Waals surface area contributed by atoms with Gasteiger partial charge in [-0.15, -0.1) is 0 Å². The highest BCUT2D eigenvalue weighted by Gasteiger charge is 2.25. The molecule has 0 bridgehead atoms. The predicted octanol–water partition coefficient (Wildman–Crippen LogP) is 3.66. The number of urea groups is 1. The van der Waals surface area contributed by atoms with Crippen LogP contribution in [0.5, 0.6) is 17.2 Å². The van der Waals surface area contributed by atoms with Gasteiger partial charge in [0.1, 0.15) is 0 Å². The molecule has 3 rings (SSSR count). The molecule has 2 N–H and O–H groups in total. The molecule has 0 aromatic heterocycles. The van der Waals surface area contributed by atoms with E-state index in [2.05, 4.69) is 10.6 Å². The highest BCUT2D eigenvalue weighted by molar-refractivity contribution is 5.90. The predicted molar refractivity (Wildman–Crippen MR) is 122 cm³/mol. The molecule has 1 saturated heterocycles. The number of methoxy groups -OCH3 is 3. The van der Waals surface area contributed by atoms with Gasteiger partial charge in [0.25, 0.3) is 0 Å². The van der Waals surface area contributed by atoms with Crippen LogP contribution in [0.25, 0.3) is 0 Å². The molecular formula is C24H31N3O5. The number of ether oxygens (including phenoxy) is 3. The molecule has 0 saturated carbocycles. The molecule has 0 radical (unpaired) electrons. The van der Waals surface area contributed by atoms with Crippen LogP contribution in [-0.4, -0.2) is 51.3 Å². The molecule has 0 spiro atoms. The Hall–Kier alpha value is -3.42. The Balaban J connectivity index is 1.47. The van der Waals surface area contributed by atoms with Gasteiger partial charge in [0.05, 0.1) is 27.0 Å². The number of rotatable bonds is 8. The summed E-state index contributed by atoms with van der Waals surface area (Å²) >= 11 is 0. The smallest absolute Gasteiger partial charge is 0.321 e. The Bertz CT molecular complexity index is 886. The Labute approximate surface area is 188 Å². The number of nitrogens with one attached hydrogen (secondary N) is 2. The van der Waals surface area contributed by atoms with Crippen molar-refractivity contribution in [1.29, 1.82) is 0 Å². The second kappa shape index (κ2) is 11.3. The van der Waals surface area contributed by atoms with E-state index in [0.29, 0.717) is 49.0 Å². The van der Waals surface area contributed by atoms with Crippen molar-refractivity contribution in [2.45, 2.75) is 25.8 Å². The molecule has 8 heteroatoms. The molecule has 1 heterocycles. The second-order valence-electron chi connectivity index (χ2n) is 7.74. The molecular weight excluding hydrogens is 410 g/mol. The highest BCUT2D eigenvalue weighted by atomic mass is 16.5. The van der Waals surface area contributed by atoms with Crippen LogP contribution < -0.4 is 24.8 Å². The fraction of sp³-hybridized carbons (Fsp3) is 0.417. The minimum Gasteiger partial charge on any atom is -0.493 e. The summed E-state index contributed by atoms with van der Waals surface area (Å²) < 4.78 is 16.0. The van der Waals surface area contributed by atoms with E-state index < -0.39 is 0 Å². The van der Waals surface area contributed by atoms with Crippen LogP contribution in [0.3, 0.4) is 0 Å². The van der Waals surface area contributed by atoms with E-state index in [1.165, 1.54) is 21.3 Å². The number of likely N-dealkylation sites (tertiary alicyclic amines) is 1. The maximum Gasteiger partial charge on any atom is 0.321 e. The van der Waals surface area contributed by atoms with Gasteiger partial charge in [0.15, 0.2) is 11.5 Å². The lowest BCUT2D eigenvalue weighted by Gasteiger charge is -2.31. The summed E-state index contributed by atoms with van der Waals surface area (Å²) in [5.41, 5.74) is 1.64. The molecule has 1 fully saturated rings. The Kier molecular flexibility index (Phi) is 8.19. The first-order valence-corrected chi connectivity index (χ1v) is 10.7. The van der Waals surface area contributed by atoms with Crippen molar-refractivity contribution in [3.05, 3.63) is 48.0 Å². The molecule has 2 aromatic carbocycles. The van der Waals surface area contributed by atoms with Crippen molar-refractivity contribution in [1.82, 2.24) is 10.2 Å². The average molecular weight is 442 g/mol. The first-order valence-electron chi connectivity index (χ1n) is 10.7. The maximum atomic E-state index is 12.7. The minimum absolute atomic E-state index is 0.0502. The number of hydrogen-bond acceptors (Lipinski definition) is 5. The van der Waals surface area contributed by atoms with Gasteiger partial charge >= 0.3 is 6.03 Å². The summed E-state index contributed by atoms with van der Waals surface area (Å²) in [5, 5.41) is 5.88. The lowest BCUT2D eigenvalue weighted by molar-refractivity contribution is -0.122. The number of hydrogen-bond donors (Lipinski definition) is 2. The summed E-state index contributed by atoms with van der Waals surface area (Å²) in [6, 6.07) is 13.1. The monoisotopic (exact) mass is 441 g/mol. The van der Waals surface area contributed by atoms with Crippen LogP contribution in [0.2, 0.25) is 0 Å². The zero-order chi connectivity index (χ0) is 22.9. The minimum atomic E-state index is -0.189. The molecule has 8 nitrogen and oxygen atoms in total. The number of carbonyl (C=O) groups is 2. The summed E-state index contributed by atoms with van der Waals surface area (Å²) in [5.74, 6) is 1.74. The van der Waals surface area contributed by atoms with E-state index in [0.717, 1.165) is 18.4 Å². The van der Waals surface area contributed by atoms with E-state index in [4.69, 9.17) is 14.2 Å². The molecule has 0 unspecified atom stereocenters. The van der Waals surface area contributed by atoms with Gasteiger partial charge in [-0.25, -0.2) is 4.79 Å². The first kappa shape index (κ1) is 23.2. The van der Waals surface area contributed by atoms with Gasteiger partial charge in [-0.3, -0.25) is 4.79 Å². The standard InChI is InChI=1S/C24H31N3O5/c1-30-20-14-19(15-21(31-2)23(20)32-3)26-24(29)27-11-9-17(10-12-27)13-22(28)25-16-18-7-5-4-6-8-18/h4-8,14-15,17H,9-13,16H2,1-3H3,(H,25,28)(H,26,29). The van der Waals surface area contributed by atoms with Gasteiger partial charge in [-0.05, 0) is 24.3 Å². The molecule has 0 atom stereocenters. The summed E-state index contributed by atoms with van der Waals surface area (Å²) in [6.45, 7) is 1.75. The maximum absolute atomic E-state index is 12.7. The third-order valence-electron chi connectivity index (χ3n) is 5.62. The van der Waals surface area contributed by atoms with Gasteiger partial charge in [0, 0.05) is 38.2 Å². The fourth-order valence-corrected chi connectivity index (χ4v) is 3.83. The molecule has 2 aromatic rings. The van der Waals surface area contributed by atoms with Crippen LogP contribution in [0.4, 0.5) is 10.5 Å². The van der Waals surface area contributed by atoms with Crippen LogP contribution >= 0.6 is 0 Å². The van der Waals surface area contributed by atoms with Crippen molar-refractivity contribution >= 4 is 17.6 Å². The van der Waals surface area contributed by atoms with Crippen molar-refractivity contribution in [3.63, 3.8) is 0 Å². The normalized spacial score (nSPS) is 13.9. The van der Waals surface area contributed by atoms with E-state index in [-0.39, 0.29) is 17.9 Å². The van der Waals surface area contributed by atoms with E-state index in [1.807, 2.05) is 30.3 Å². The van der Waals surface area contributed by atoms with Crippen molar-refractivity contribution in [3.8, 4) is 17.2 Å². The molecule has 0 aliphatic carbocycles. The zero-order valence-electron chi connectivity index (χ0n) is 18.8. The Morgan fingerprint density at radius 3 is 2.16 bits per heavy atom. The number of amides is 3. The number of carbonyl (C=O) groups excluding carboxylic acids is 2. The molecule has 1 aliphatic heterocycles. The Morgan fingerprint density at radius 2 is 1.59 bits per heavy atom. The van der Waals surface area contributed by atoms with Gasteiger partial charge in [0.2, 0.25) is 11.7 Å². The van der Waals surface area contributed by atoms with Gasteiger partial charge in [-0.2, -0.15) is 0 Å². The third-order valence-corrected chi connectivity index (χ3v) is 5.62. The number of benzene rings is 2. The third kappa shape index (κ3) is 6.06. The SMILES string of the molecule is COc1cc(NC(=O)N2CCC(CC(=O)NCc3ccccc3)CC2)cc(OC)c1OC. The molecule has 1 aliphatic rings. The van der Waals surface area contributed by atoms with Crippen molar-refractivity contribution in [2.24, 2.45) is 5.92 Å². The van der Waals surface area contributed by atoms with Crippen LogP contribution in [0.15, 0.2) is 42.5 Å². The lowest BCUT2D eigenvalue weighted by atomic mass is 9.93. The first-order chi connectivity index (χ1) is 15.5. The van der Waals surface area contributed by atoms with Crippen molar-refractivity contribution in [2.75, 3.05) is 39.7 Å². The summed E-state index contributed by atoms with van der Waals surface area (Å²) in [6.07, 6.45) is 2.07. The second-order valence-corrected chi connectivity index (χ2v) is 7.74. The van der Waals surface area contributed by atoms with Crippen LogP contribution in [0, 0.1) is 5.92 Å². The largest absolute Gasteiger partial charge is 0.493 e. The quantitative estimate of drug-likeness (QED) is 0.653. The van der Waals surface area contributed by atoms with E-state index in [9.17, 15) is 9.59 Å². The van der Waals surface area contributed by atoms with Crippen LogP contribution in [-0.2, 0) is 11.3 Å². The zero-order valence-corrected chi connectivity index (χ0v) is 18.8. The topological polar surface area (TPSA) is 89.1 Å². The fourth-order valence-electron chi connectivity index (χ4n) is 3.83.